The minimum absolute atomic E-state index is 0.102. The van der Waals surface area contributed by atoms with E-state index >= 15 is 0 Å². The number of hydrogen-bond donors (Lipinski definition) is 0. The van der Waals surface area contributed by atoms with Crippen molar-refractivity contribution < 1.29 is 13.5 Å². The van der Waals surface area contributed by atoms with Gasteiger partial charge < -0.3 is 4.74 Å². The second-order valence-corrected chi connectivity index (χ2v) is 5.45. The van der Waals surface area contributed by atoms with Crippen LogP contribution in [0.4, 0.5) is 8.78 Å². The molecule has 5 nitrogen and oxygen atoms in total. The maximum Gasteiger partial charge on any atom is 0.321 e. The molecule has 0 amide bonds. The molecule has 2 heterocycles. The Labute approximate surface area is 136 Å². The Morgan fingerprint density at radius 2 is 1.82 bits per heavy atom. The number of halogens is 4. The quantitative estimate of drug-likeness (QED) is 0.659. The molecule has 0 N–H and O–H groups in total. The average molecular weight is 388 g/mol. The summed E-state index contributed by atoms with van der Waals surface area (Å²) in [6.07, 6.45) is 1.50. The van der Waals surface area contributed by atoms with Gasteiger partial charge in [0.1, 0.15) is 5.75 Å². The summed E-state index contributed by atoms with van der Waals surface area (Å²) in [5.74, 6) is -0.269. The largest absolute Gasteiger partial charge is 0.424 e. The van der Waals surface area contributed by atoms with E-state index in [-0.39, 0.29) is 16.5 Å². The maximum absolute atomic E-state index is 12.7. The van der Waals surface area contributed by atoms with Gasteiger partial charge in [-0.3, -0.25) is 0 Å². The molecule has 0 aliphatic rings. The van der Waals surface area contributed by atoms with Crippen LogP contribution < -0.4 is 4.74 Å². The Kier molecular flexibility index (Phi) is 4.12. The SMILES string of the molecule is FC(F)c1ncc2c(Oc3ncc(Br)cn3)ccc(Cl)c2n1. The zero-order valence-electron chi connectivity index (χ0n) is 10.7. The first-order valence-corrected chi connectivity index (χ1v) is 7.10. The van der Waals surface area contributed by atoms with Crippen molar-refractivity contribution in [1.82, 2.24) is 19.9 Å². The van der Waals surface area contributed by atoms with Gasteiger partial charge in [-0.1, -0.05) is 11.6 Å². The van der Waals surface area contributed by atoms with E-state index in [0.717, 1.165) is 0 Å². The third kappa shape index (κ3) is 2.97. The summed E-state index contributed by atoms with van der Waals surface area (Å²) < 4.78 is 31.6. The number of fused-ring (bicyclic) bond motifs is 1. The molecule has 0 aliphatic heterocycles. The zero-order valence-corrected chi connectivity index (χ0v) is 13.0. The van der Waals surface area contributed by atoms with Gasteiger partial charge in [0.2, 0.25) is 0 Å². The van der Waals surface area contributed by atoms with Gasteiger partial charge in [-0.2, -0.15) is 0 Å². The van der Waals surface area contributed by atoms with E-state index in [4.69, 9.17) is 16.3 Å². The van der Waals surface area contributed by atoms with Crippen molar-refractivity contribution in [3.63, 3.8) is 0 Å². The lowest BCUT2D eigenvalue weighted by Gasteiger charge is -2.08. The first kappa shape index (κ1) is 15.0. The van der Waals surface area contributed by atoms with Crippen LogP contribution in [0, 0.1) is 0 Å². The monoisotopic (exact) mass is 386 g/mol. The highest BCUT2D eigenvalue weighted by molar-refractivity contribution is 9.10. The predicted molar refractivity (Wildman–Crippen MR) is 79.3 cm³/mol. The molecule has 0 saturated heterocycles. The topological polar surface area (TPSA) is 60.8 Å². The zero-order chi connectivity index (χ0) is 15.7. The van der Waals surface area contributed by atoms with Gasteiger partial charge in [0.15, 0.2) is 5.82 Å². The summed E-state index contributed by atoms with van der Waals surface area (Å²) in [6, 6.07) is 3.17. The summed E-state index contributed by atoms with van der Waals surface area (Å²) in [4.78, 5) is 15.3. The average Bonchev–Trinajstić information content (AvgIpc) is 2.52. The molecule has 0 spiro atoms. The molecule has 0 fully saturated rings. The Hall–Kier alpha value is -1.93. The van der Waals surface area contributed by atoms with Crippen molar-refractivity contribution in [1.29, 1.82) is 0 Å². The van der Waals surface area contributed by atoms with Crippen molar-refractivity contribution in [2.24, 2.45) is 0 Å². The first-order chi connectivity index (χ1) is 10.5. The van der Waals surface area contributed by atoms with Crippen molar-refractivity contribution in [3.8, 4) is 11.8 Å². The predicted octanol–water partition coefficient (Wildman–Crippen LogP) is 4.57. The third-order valence-electron chi connectivity index (χ3n) is 2.67. The van der Waals surface area contributed by atoms with Crippen molar-refractivity contribution in [2.75, 3.05) is 0 Å². The Morgan fingerprint density at radius 1 is 1.09 bits per heavy atom. The minimum Gasteiger partial charge on any atom is -0.424 e. The molecular formula is C13H6BrClF2N4O. The highest BCUT2D eigenvalue weighted by Crippen LogP contribution is 2.32. The summed E-state index contributed by atoms with van der Waals surface area (Å²) in [6.45, 7) is 0. The Morgan fingerprint density at radius 3 is 2.50 bits per heavy atom. The lowest BCUT2D eigenvalue weighted by atomic mass is 10.2. The molecule has 0 aliphatic carbocycles. The molecule has 0 unspecified atom stereocenters. The fraction of sp³-hybridized carbons (Fsp3) is 0.0769. The molecule has 2 aromatic heterocycles. The van der Waals surface area contributed by atoms with E-state index in [9.17, 15) is 8.78 Å². The third-order valence-corrected chi connectivity index (χ3v) is 3.39. The summed E-state index contributed by atoms with van der Waals surface area (Å²) >= 11 is 9.21. The summed E-state index contributed by atoms with van der Waals surface area (Å²) in [7, 11) is 0. The molecule has 9 heteroatoms. The lowest BCUT2D eigenvalue weighted by molar-refractivity contribution is 0.141. The summed E-state index contributed by atoms with van der Waals surface area (Å²) in [5.41, 5.74) is 0.182. The number of ether oxygens (including phenoxy) is 1. The molecule has 0 bridgehead atoms. The van der Waals surface area contributed by atoms with Gasteiger partial charge in [-0.15, -0.1) is 0 Å². The number of alkyl halides is 2. The van der Waals surface area contributed by atoms with Gasteiger partial charge in [-0.25, -0.2) is 28.7 Å². The van der Waals surface area contributed by atoms with E-state index in [1.54, 1.807) is 6.07 Å². The second kappa shape index (κ2) is 6.05. The molecule has 0 atom stereocenters. The second-order valence-electron chi connectivity index (χ2n) is 4.12. The highest BCUT2D eigenvalue weighted by Gasteiger charge is 2.15. The Bertz CT molecular complexity index is 832. The smallest absolute Gasteiger partial charge is 0.321 e. The number of nitrogens with zero attached hydrogens (tertiary/aromatic N) is 4. The number of hydrogen-bond acceptors (Lipinski definition) is 5. The van der Waals surface area contributed by atoms with Crippen LogP contribution in [0.2, 0.25) is 5.02 Å². The fourth-order valence-corrected chi connectivity index (χ4v) is 2.13. The van der Waals surface area contributed by atoms with Gasteiger partial charge in [0, 0.05) is 18.6 Å². The first-order valence-electron chi connectivity index (χ1n) is 5.93. The molecule has 3 rings (SSSR count). The van der Waals surface area contributed by atoms with Gasteiger partial charge in [-0.05, 0) is 28.1 Å². The number of rotatable bonds is 3. The molecule has 112 valence electrons. The summed E-state index contributed by atoms with van der Waals surface area (Å²) in [5, 5.41) is 0.617. The highest BCUT2D eigenvalue weighted by atomic mass is 79.9. The van der Waals surface area contributed by atoms with E-state index in [1.807, 2.05) is 0 Å². The van der Waals surface area contributed by atoms with Crippen LogP contribution in [0.25, 0.3) is 10.9 Å². The molecule has 3 aromatic rings. The molecular weight excluding hydrogens is 382 g/mol. The minimum atomic E-state index is -2.78. The standard InChI is InChI=1S/C13H6BrClF2N4O/c14-6-3-19-13(20-4-6)22-9-2-1-8(15)10-7(9)5-18-12(21-10)11(16)17/h1-5,11H. The van der Waals surface area contributed by atoms with E-state index < -0.39 is 12.2 Å². The van der Waals surface area contributed by atoms with Crippen LogP contribution >= 0.6 is 27.5 Å². The van der Waals surface area contributed by atoms with Crippen LogP contribution in [-0.2, 0) is 0 Å². The van der Waals surface area contributed by atoms with Gasteiger partial charge in [0.25, 0.3) is 6.43 Å². The van der Waals surface area contributed by atoms with Crippen molar-refractivity contribution in [3.05, 3.63) is 46.0 Å². The normalized spacial score (nSPS) is 11.1. The van der Waals surface area contributed by atoms with Crippen LogP contribution in [0.3, 0.4) is 0 Å². The van der Waals surface area contributed by atoms with Gasteiger partial charge in [0.05, 0.1) is 20.4 Å². The molecule has 0 saturated carbocycles. The van der Waals surface area contributed by atoms with Gasteiger partial charge >= 0.3 is 6.01 Å². The molecule has 22 heavy (non-hydrogen) atoms. The van der Waals surface area contributed by atoms with Crippen LogP contribution in [0.1, 0.15) is 12.2 Å². The van der Waals surface area contributed by atoms with Crippen molar-refractivity contribution >= 4 is 38.4 Å². The van der Waals surface area contributed by atoms with Crippen LogP contribution in [0.15, 0.2) is 35.2 Å². The van der Waals surface area contributed by atoms with Crippen molar-refractivity contribution in [2.45, 2.75) is 6.43 Å². The van der Waals surface area contributed by atoms with E-state index in [2.05, 4.69) is 35.9 Å². The number of benzene rings is 1. The van der Waals surface area contributed by atoms with Crippen LogP contribution in [-0.4, -0.2) is 19.9 Å². The lowest BCUT2D eigenvalue weighted by Crippen LogP contribution is -1.98. The van der Waals surface area contributed by atoms with Crippen LogP contribution in [0.5, 0.6) is 11.8 Å². The Balaban J connectivity index is 2.06. The fourth-order valence-electron chi connectivity index (χ4n) is 1.72. The molecule has 1 aromatic carbocycles. The van der Waals surface area contributed by atoms with E-state index in [1.165, 1.54) is 24.7 Å². The molecule has 0 radical (unpaired) electrons. The van der Waals surface area contributed by atoms with E-state index in [0.29, 0.717) is 15.6 Å². The number of aromatic nitrogens is 4. The maximum atomic E-state index is 12.7.